The van der Waals surface area contributed by atoms with Crippen LogP contribution in [0.1, 0.15) is 12.5 Å². The summed E-state index contributed by atoms with van der Waals surface area (Å²) in [6, 6.07) is 17.5. The molecule has 2 aromatic carbocycles. The molecule has 0 bridgehead atoms. The van der Waals surface area contributed by atoms with Crippen LogP contribution < -0.4 is 0 Å². The van der Waals surface area contributed by atoms with E-state index in [1.54, 1.807) is 0 Å². The molecule has 0 aromatic heterocycles. The quantitative estimate of drug-likeness (QED) is 0.884. The fourth-order valence-corrected chi connectivity index (χ4v) is 1.92. The average molecular weight is 256 g/mol. The first-order valence-corrected chi connectivity index (χ1v) is 6.09. The maximum atomic E-state index is 10.9. The molecular weight excluding hydrogens is 240 g/mol. The molecular formula is C16H16O3. The van der Waals surface area contributed by atoms with Crippen LogP contribution in [0.3, 0.4) is 0 Å². The maximum Gasteiger partial charge on any atom is 0.335 e. The van der Waals surface area contributed by atoms with Crippen molar-refractivity contribution in [2.24, 2.45) is 0 Å². The van der Waals surface area contributed by atoms with Gasteiger partial charge in [-0.05, 0) is 23.6 Å². The fourth-order valence-electron chi connectivity index (χ4n) is 1.92. The van der Waals surface area contributed by atoms with E-state index in [0.29, 0.717) is 0 Å². The van der Waals surface area contributed by atoms with Crippen molar-refractivity contribution in [2.45, 2.75) is 18.9 Å². The Morgan fingerprint density at radius 1 is 1.00 bits per heavy atom. The lowest BCUT2D eigenvalue weighted by Crippen LogP contribution is -2.37. The Labute approximate surface area is 112 Å². The predicted molar refractivity (Wildman–Crippen MR) is 73.8 cm³/mol. The summed E-state index contributed by atoms with van der Waals surface area (Å²) >= 11 is 0. The molecule has 0 aliphatic heterocycles. The van der Waals surface area contributed by atoms with E-state index in [1.807, 2.05) is 54.6 Å². The van der Waals surface area contributed by atoms with E-state index in [-0.39, 0.29) is 6.42 Å². The lowest BCUT2D eigenvalue weighted by Gasteiger charge is -2.17. The minimum absolute atomic E-state index is 0.0946. The molecule has 2 rings (SSSR count). The van der Waals surface area contributed by atoms with Gasteiger partial charge in [0.2, 0.25) is 0 Å². The molecule has 3 nitrogen and oxygen atoms in total. The summed E-state index contributed by atoms with van der Waals surface area (Å²) in [5.74, 6) is -1.21. The Balaban J connectivity index is 2.18. The number of carbonyl (C=O) groups is 1. The highest BCUT2D eigenvalue weighted by Gasteiger charge is 2.29. The second-order valence-corrected chi connectivity index (χ2v) is 4.82. The Hall–Kier alpha value is -2.13. The van der Waals surface area contributed by atoms with Crippen LogP contribution >= 0.6 is 0 Å². The predicted octanol–water partition coefficient (Wildman–Crippen LogP) is 2.73. The molecule has 1 atom stereocenters. The van der Waals surface area contributed by atoms with E-state index < -0.39 is 11.6 Å². The molecule has 0 fully saturated rings. The molecule has 2 N–H and O–H groups in total. The van der Waals surface area contributed by atoms with Crippen molar-refractivity contribution >= 4 is 5.97 Å². The third kappa shape index (κ3) is 3.20. The summed E-state index contributed by atoms with van der Waals surface area (Å²) in [7, 11) is 0. The summed E-state index contributed by atoms with van der Waals surface area (Å²) in [5.41, 5.74) is 1.25. The largest absolute Gasteiger partial charge is 0.479 e. The van der Waals surface area contributed by atoms with Crippen LogP contribution in [-0.2, 0) is 11.2 Å². The van der Waals surface area contributed by atoms with Crippen LogP contribution in [0.15, 0.2) is 54.6 Å². The van der Waals surface area contributed by atoms with Crippen molar-refractivity contribution in [2.75, 3.05) is 0 Å². The van der Waals surface area contributed by atoms with Crippen LogP contribution in [0.5, 0.6) is 0 Å². The van der Waals surface area contributed by atoms with E-state index in [2.05, 4.69) is 0 Å². The van der Waals surface area contributed by atoms with E-state index in [9.17, 15) is 9.90 Å². The van der Waals surface area contributed by atoms with Gasteiger partial charge >= 0.3 is 5.97 Å². The Morgan fingerprint density at radius 2 is 1.53 bits per heavy atom. The number of carboxylic acid groups (broad SMARTS) is 1. The van der Waals surface area contributed by atoms with Crippen molar-refractivity contribution in [3.63, 3.8) is 0 Å². The molecule has 0 radical (unpaired) electrons. The first-order chi connectivity index (χ1) is 8.99. The Bertz CT molecular complexity index is 556. The van der Waals surface area contributed by atoms with Gasteiger partial charge in [0.1, 0.15) is 0 Å². The lowest BCUT2D eigenvalue weighted by atomic mass is 9.95. The van der Waals surface area contributed by atoms with E-state index in [0.717, 1.165) is 16.7 Å². The maximum absolute atomic E-state index is 10.9. The summed E-state index contributed by atoms with van der Waals surface area (Å²) < 4.78 is 0. The number of aliphatic hydroxyl groups is 1. The van der Waals surface area contributed by atoms with Crippen molar-refractivity contribution in [1.82, 2.24) is 0 Å². The molecule has 0 saturated carbocycles. The topological polar surface area (TPSA) is 57.5 Å². The molecule has 0 heterocycles. The molecule has 0 amide bonds. The highest BCUT2D eigenvalue weighted by Crippen LogP contribution is 2.21. The molecule has 3 heteroatoms. The third-order valence-electron chi connectivity index (χ3n) is 3.07. The summed E-state index contributed by atoms with van der Waals surface area (Å²) in [5, 5.41) is 18.6. The van der Waals surface area contributed by atoms with Gasteiger partial charge in [-0.1, -0.05) is 54.6 Å². The zero-order valence-electron chi connectivity index (χ0n) is 10.7. The van der Waals surface area contributed by atoms with Crippen LogP contribution in [-0.4, -0.2) is 21.8 Å². The van der Waals surface area contributed by atoms with Crippen molar-refractivity contribution in [3.8, 4) is 11.1 Å². The van der Waals surface area contributed by atoms with Crippen LogP contribution in [0.25, 0.3) is 11.1 Å². The molecule has 0 aliphatic carbocycles. The molecule has 98 valence electrons. The minimum atomic E-state index is -1.73. The zero-order valence-corrected chi connectivity index (χ0v) is 10.7. The number of benzene rings is 2. The molecule has 0 saturated heterocycles. The van der Waals surface area contributed by atoms with Crippen LogP contribution in [0, 0.1) is 0 Å². The van der Waals surface area contributed by atoms with Gasteiger partial charge in [0, 0.05) is 6.42 Å². The van der Waals surface area contributed by atoms with Crippen molar-refractivity contribution in [3.05, 3.63) is 60.2 Å². The van der Waals surface area contributed by atoms with Crippen molar-refractivity contribution < 1.29 is 15.0 Å². The normalized spacial score (nSPS) is 13.8. The van der Waals surface area contributed by atoms with Crippen LogP contribution in [0.2, 0.25) is 0 Å². The molecule has 0 aliphatic rings. The van der Waals surface area contributed by atoms with Gasteiger partial charge in [-0.2, -0.15) is 0 Å². The number of hydrogen-bond donors (Lipinski definition) is 2. The first-order valence-electron chi connectivity index (χ1n) is 6.09. The monoisotopic (exact) mass is 256 g/mol. The van der Waals surface area contributed by atoms with Gasteiger partial charge in [-0.15, -0.1) is 0 Å². The van der Waals surface area contributed by atoms with Crippen LogP contribution in [0.4, 0.5) is 0 Å². The zero-order chi connectivity index (χ0) is 13.9. The van der Waals surface area contributed by atoms with Gasteiger partial charge in [-0.25, -0.2) is 4.79 Å². The van der Waals surface area contributed by atoms with Gasteiger partial charge in [0.25, 0.3) is 0 Å². The summed E-state index contributed by atoms with van der Waals surface area (Å²) in [6.45, 7) is 1.31. The number of aliphatic carboxylic acids is 1. The number of rotatable bonds is 4. The first kappa shape index (κ1) is 13.3. The van der Waals surface area contributed by atoms with E-state index >= 15 is 0 Å². The second kappa shape index (κ2) is 5.24. The summed E-state index contributed by atoms with van der Waals surface area (Å²) in [4.78, 5) is 10.9. The van der Waals surface area contributed by atoms with Gasteiger partial charge in [0.15, 0.2) is 5.60 Å². The van der Waals surface area contributed by atoms with Gasteiger partial charge < -0.3 is 10.2 Å². The van der Waals surface area contributed by atoms with Gasteiger partial charge in [0.05, 0.1) is 0 Å². The smallest absolute Gasteiger partial charge is 0.335 e. The average Bonchev–Trinajstić information content (AvgIpc) is 2.40. The lowest BCUT2D eigenvalue weighted by molar-refractivity contribution is -0.156. The second-order valence-electron chi connectivity index (χ2n) is 4.82. The fraction of sp³-hybridized carbons (Fsp3) is 0.188. The molecule has 0 spiro atoms. The number of carboxylic acids is 1. The molecule has 2 aromatic rings. The standard InChI is InChI=1S/C16H16O3/c1-16(19,15(17)18)11-12-7-9-14(10-8-12)13-5-3-2-4-6-13/h2-10,19H,11H2,1H3,(H,17,18). The summed E-state index contributed by atoms with van der Waals surface area (Å²) in [6.07, 6.45) is 0.0946. The Kier molecular flexibility index (Phi) is 3.67. The van der Waals surface area contributed by atoms with E-state index in [4.69, 9.17) is 5.11 Å². The molecule has 1 unspecified atom stereocenters. The highest BCUT2D eigenvalue weighted by molar-refractivity contribution is 5.77. The van der Waals surface area contributed by atoms with Crippen molar-refractivity contribution in [1.29, 1.82) is 0 Å². The number of hydrogen-bond acceptors (Lipinski definition) is 2. The minimum Gasteiger partial charge on any atom is -0.479 e. The SMILES string of the molecule is CC(O)(Cc1ccc(-c2ccccc2)cc1)C(=O)O. The van der Waals surface area contributed by atoms with Gasteiger partial charge in [-0.3, -0.25) is 0 Å². The van der Waals surface area contributed by atoms with E-state index in [1.165, 1.54) is 6.92 Å². The molecule has 19 heavy (non-hydrogen) atoms. The highest BCUT2D eigenvalue weighted by atomic mass is 16.4. The third-order valence-corrected chi connectivity index (χ3v) is 3.07. The Morgan fingerprint density at radius 3 is 2.05 bits per heavy atom.